The predicted octanol–water partition coefficient (Wildman–Crippen LogP) is 1.04. The Balaban J connectivity index is 1.71. The van der Waals surface area contributed by atoms with Gasteiger partial charge < -0.3 is 14.8 Å². The summed E-state index contributed by atoms with van der Waals surface area (Å²) in [7, 11) is 2.00. The molecule has 3 heteroatoms. The number of rotatable bonds is 6. The van der Waals surface area contributed by atoms with Crippen LogP contribution in [0.4, 0.5) is 0 Å². The summed E-state index contributed by atoms with van der Waals surface area (Å²) in [6, 6.07) is 0. The first-order chi connectivity index (χ1) is 6.85. The molecule has 0 aromatic heterocycles. The zero-order valence-corrected chi connectivity index (χ0v) is 9.05. The van der Waals surface area contributed by atoms with Crippen molar-refractivity contribution in [2.75, 3.05) is 40.0 Å². The van der Waals surface area contributed by atoms with Crippen molar-refractivity contribution in [2.24, 2.45) is 11.3 Å². The van der Waals surface area contributed by atoms with E-state index in [9.17, 15) is 0 Å². The zero-order valence-electron chi connectivity index (χ0n) is 9.05. The lowest BCUT2D eigenvalue weighted by atomic mass is 9.88. The van der Waals surface area contributed by atoms with Gasteiger partial charge in [-0.1, -0.05) is 0 Å². The third kappa shape index (κ3) is 2.69. The quantitative estimate of drug-likeness (QED) is 0.693. The maximum absolute atomic E-state index is 5.78. The molecule has 0 aromatic carbocycles. The number of ether oxygens (including phenoxy) is 2. The Morgan fingerprint density at radius 2 is 2.36 bits per heavy atom. The van der Waals surface area contributed by atoms with Gasteiger partial charge in [0.25, 0.3) is 0 Å². The molecule has 1 atom stereocenters. The second-order valence-corrected chi connectivity index (χ2v) is 4.79. The van der Waals surface area contributed by atoms with Crippen molar-refractivity contribution in [3.05, 3.63) is 0 Å². The molecule has 14 heavy (non-hydrogen) atoms. The average molecular weight is 199 g/mol. The fourth-order valence-corrected chi connectivity index (χ4v) is 2.06. The van der Waals surface area contributed by atoms with Crippen LogP contribution in [0, 0.1) is 11.3 Å². The topological polar surface area (TPSA) is 30.5 Å². The second kappa shape index (κ2) is 4.60. The first-order valence-electron chi connectivity index (χ1n) is 5.65. The van der Waals surface area contributed by atoms with E-state index in [1.165, 1.54) is 12.8 Å². The summed E-state index contributed by atoms with van der Waals surface area (Å²) in [5.41, 5.74) is 0.254. The number of hydrogen-bond donors (Lipinski definition) is 1. The third-order valence-corrected chi connectivity index (χ3v) is 3.20. The van der Waals surface area contributed by atoms with E-state index in [1.54, 1.807) is 0 Å². The Morgan fingerprint density at radius 3 is 2.93 bits per heavy atom. The van der Waals surface area contributed by atoms with Gasteiger partial charge in [-0.2, -0.15) is 0 Å². The van der Waals surface area contributed by atoms with Gasteiger partial charge in [-0.3, -0.25) is 0 Å². The molecule has 2 aliphatic rings. The van der Waals surface area contributed by atoms with Crippen LogP contribution in [0.2, 0.25) is 0 Å². The summed E-state index contributed by atoms with van der Waals surface area (Å²) in [4.78, 5) is 0. The van der Waals surface area contributed by atoms with Gasteiger partial charge in [0.2, 0.25) is 0 Å². The maximum Gasteiger partial charge on any atom is 0.0557 e. The maximum atomic E-state index is 5.78. The van der Waals surface area contributed by atoms with Crippen molar-refractivity contribution in [2.45, 2.75) is 19.3 Å². The standard InChI is InChI=1S/C11H21NO2/c1-12-7-11(4-5-13-8-11)9-14-6-10-2-3-10/h10,12H,2-9H2,1H3. The summed E-state index contributed by atoms with van der Waals surface area (Å²) in [6.07, 6.45) is 3.88. The van der Waals surface area contributed by atoms with E-state index in [2.05, 4.69) is 5.32 Å². The summed E-state index contributed by atoms with van der Waals surface area (Å²) in [5.74, 6) is 0.865. The molecule has 1 aliphatic heterocycles. The Morgan fingerprint density at radius 1 is 1.50 bits per heavy atom. The van der Waals surface area contributed by atoms with E-state index in [0.717, 1.165) is 45.3 Å². The Bertz CT molecular complexity index is 174. The largest absolute Gasteiger partial charge is 0.381 e. The van der Waals surface area contributed by atoms with E-state index in [-0.39, 0.29) is 5.41 Å². The molecule has 1 aliphatic carbocycles. The van der Waals surface area contributed by atoms with E-state index in [1.807, 2.05) is 7.05 Å². The van der Waals surface area contributed by atoms with Crippen LogP contribution >= 0.6 is 0 Å². The molecule has 0 spiro atoms. The van der Waals surface area contributed by atoms with Crippen molar-refractivity contribution in [3.63, 3.8) is 0 Å². The van der Waals surface area contributed by atoms with E-state index < -0.39 is 0 Å². The van der Waals surface area contributed by atoms with Crippen LogP contribution in [-0.4, -0.2) is 40.0 Å². The lowest BCUT2D eigenvalue weighted by Crippen LogP contribution is -2.37. The number of nitrogens with one attached hydrogen (secondary N) is 1. The summed E-state index contributed by atoms with van der Waals surface area (Å²) in [5, 5.41) is 3.24. The highest BCUT2D eigenvalue weighted by Crippen LogP contribution is 2.32. The van der Waals surface area contributed by atoms with Crippen LogP contribution in [0.3, 0.4) is 0 Å². The molecule has 0 amide bonds. The monoisotopic (exact) mass is 199 g/mol. The van der Waals surface area contributed by atoms with Crippen molar-refractivity contribution in [3.8, 4) is 0 Å². The molecule has 3 nitrogen and oxygen atoms in total. The van der Waals surface area contributed by atoms with Crippen LogP contribution < -0.4 is 5.32 Å². The Kier molecular flexibility index (Phi) is 3.42. The Hall–Kier alpha value is -0.120. The third-order valence-electron chi connectivity index (χ3n) is 3.20. The molecule has 1 heterocycles. The van der Waals surface area contributed by atoms with Gasteiger partial charge in [-0.15, -0.1) is 0 Å². The fourth-order valence-electron chi connectivity index (χ4n) is 2.06. The van der Waals surface area contributed by atoms with Gasteiger partial charge in [0.15, 0.2) is 0 Å². The zero-order chi connectivity index (χ0) is 9.86. The van der Waals surface area contributed by atoms with Gasteiger partial charge in [-0.05, 0) is 32.2 Å². The summed E-state index contributed by atoms with van der Waals surface area (Å²) < 4.78 is 11.2. The van der Waals surface area contributed by atoms with Crippen molar-refractivity contribution >= 4 is 0 Å². The average Bonchev–Trinajstić information content (AvgIpc) is 2.87. The molecular weight excluding hydrogens is 178 g/mol. The second-order valence-electron chi connectivity index (χ2n) is 4.79. The Labute approximate surface area is 86.2 Å². The predicted molar refractivity (Wildman–Crippen MR) is 55.3 cm³/mol. The molecule has 0 bridgehead atoms. The van der Waals surface area contributed by atoms with Crippen LogP contribution in [-0.2, 0) is 9.47 Å². The SMILES string of the molecule is CNCC1(COCC2CC2)CCOC1. The van der Waals surface area contributed by atoms with Crippen LogP contribution in [0.5, 0.6) is 0 Å². The van der Waals surface area contributed by atoms with Crippen LogP contribution in [0.25, 0.3) is 0 Å². The van der Waals surface area contributed by atoms with Gasteiger partial charge in [0.1, 0.15) is 0 Å². The lowest BCUT2D eigenvalue weighted by molar-refractivity contribution is 0.0301. The van der Waals surface area contributed by atoms with Crippen molar-refractivity contribution in [1.82, 2.24) is 5.32 Å². The van der Waals surface area contributed by atoms with Gasteiger partial charge in [0.05, 0.1) is 13.2 Å². The van der Waals surface area contributed by atoms with E-state index >= 15 is 0 Å². The molecule has 1 saturated carbocycles. The molecule has 2 rings (SSSR count). The lowest BCUT2D eigenvalue weighted by Gasteiger charge is -2.26. The minimum atomic E-state index is 0.254. The highest BCUT2D eigenvalue weighted by molar-refractivity contribution is 4.85. The minimum Gasteiger partial charge on any atom is -0.381 e. The molecule has 0 radical (unpaired) electrons. The van der Waals surface area contributed by atoms with Crippen molar-refractivity contribution < 1.29 is 9.47 Å². The molecule has 0 aromatic rings. The smallest absolute Gasteiger partial charge is 0.0557 e. The minimum absolute atomic E-state index is 0.254. The molecule has 1 N–H and O–H groups in total. The van der Waals surface area contributed by atoms with Gasteiger partial charge in [0, 0.05) is 25.2 Å². The first-order valence-corrected chi connectivity index (χ1v) is 5.65. The van der Waals surface area contributed by atoms with Gasteiger partial charge >= 0.3 is 0 Å². The molecular formula is C11H21NO2. The molecule has 1 unspecified atom stereocenters. The molecule has 1 saturated heterocycles. The molecule has 82 valence electrons. The normalized spacial score (nSPS) is 32.4. The van der Waals surface area contributed by atoms with E-state index in [4.69, 9.17) is 9.47 Å². The molecule has 2 fully saturated rings. The highest BCUT2D eigenvalue weighted by atomic mass is 16.5. The highest BCUT2D eigenvalue weighted by Gasteiger charge is 2.35. The van der Waals surface area contributed by atoms with Crippen LogP contribution in [0.1, 0.15) is 19.3 Å². The summed E-state index contributed by atoms with van der Waals surface area (Å²) >= 11 is 0. The number of hydrogen-bond acceptors (Lipinski definition) is 3. The van der Waals surface area contributed by atoms with Crippen LogP contribution in [0.15, 0.2) is 0 Å². The van der Waals surface area contributed by atoms with Gasteiger partial charge in [-0.25, -0.2) is 0 Å². The fraction of sp³-hybridized carbons (Fsp3) is 1.00. The van der Waals surface area contributed by atoms with E-state index in [0.29, 0.717) is 0 Å². The van der Waals surface area contributed by atoms with Crippen molar-refractivity contribution in [1.29, 1.82) is 0 Å². The first kappa shape index (κ1) is 10.4. The summed E-state index contributed by atoms with van der Waals surface area (Å²) in [6.45, 7) is 4.60.